The van der Waals surface area contributed by atoms with E-state index in [4.69, 9.17) is 9.59 Å². The molecule has 0 saturated carbocycles. The van der Waals surface area contributed by atoms with Crippen molar-refractivity contribution in [3.63, 3.8) is 0 Å². The Morgan fingerprint density at radius 1 is 1.17 bits per heavy atom. The van der Waals surface area contributed by atoms with E-state index >= 15 is 0 Å². The second kappa shape index (κ2) is 9.88. The van der Waals surface area contributed by atoms with Crippen LogP contribution in [0, 0.1) is 5.92 Å². The van der Waals surface area contributed by atoms with Gasteiger partial charge in [0, 0.05) is 6.61 Å². The lowest BCUT2D eigenvalue weighted by atomic mass is 10.0. The van der Waals surface area contributed by atoms with Crippen molar-refractivity contribution in [2.45, 2.75) is 39.5 Å². The normalized spacial score (nSPS) is 13.8. The topological polar surface area (TPSA) is 72.8 Å². The van der Waals surface area contributed by atoms with Crippen LogP contribution in [-0.4, -0.2) is 57.9 Å². The SMILES string of the molecule is CCCCC(CC)CO[Si]([O-])(O)O.C[N+](C)(C)C. The third-order valence-electron chi connectivity index (χ3n) is 2.05. The maximum Gasteiger partial charge on any atom is 0.407 e. The van der Waals surface area contributed by atoms with Gasteiger partial charge in [0.1, 0.15) is 0 Å². The van der Waals surface area contributed by atoms with Crippen LogP contribution in [0.2, 0.25) is 0 Å². The van der Waals surface area contributed by atoms with E-state index in [-0.39, 0.29) is 12.5 Å². The largest absolute Gasteiger partial charge is 0.794 e. The molecule has 1 unspecified atom stereocenters. The molecule has 0 fully saturated rings. The van der Waals surface area contributed by atoms with Gasteiger partial charge in [0.25, 0.3) is 0 Å². The van der Waals surface area contributed by atoms with Crippen molar-refractivity contribution < 1.29 is 23.3 Å². The van der Waals surface area contributed by atoms with Gasteiger partial charge in [-0.3, -0.25) is 0 Å². The first-order valence-electron chi connectivity index (χ1n) is 6.57. The van der Waals surface area contributed by atoms with Crippen molar-refractivity contribution in [3.05, 3.63) is 0 Å². The molecule has 2 N–H and O–H groups in total. The van der Waals surface area contributed by atoms with Gasteiger partial charge in [0.2, 0.25) is 0 Å². The van der Waals surface area contributed by atoms with Crippen LogP contribution in [-0.2, 0) is 4.43 Å². The predicted molar refractivity (Wildman–Crippen MR) is 73.4 cm³/mol. The lowest BCUT2D eigenvalue weighted by Gasteiger charge is -2.25. The number of quaternary nitrogens is 1. The first kappa shape index (κ1) is 20.3. The highest BCUT2D eigenvalue weighted by Gasteiger charge is 2.16. The van der Waals surface area contributed by atoms with Crippen LogP contribution < -0.4 is 4.80 Å². The maximum atomic E-state index is 10.4. The predicted octanol–water partition coefficient (Wildman–Crippen LogP) is 0.322. The van der Waals surface area contributed by atoms with E-state index in [9.17, 15) is 4.80 Å². The molecule has 0 spiro atoms. The van der Waals surface area contributed by atoms with Gasteiger partial charge < -0.3 is 23.3 Å². The minimum absolute atomic E-state index is 0.180. The van der Waals surface area contributed by atoms with Crippen molar-refractivity contribution in [1.29, 1.82) is 0 Å². The van der Waals surface area contributed by atoms with Crippen molar-refractivity contribution in [2.24, 2.45) is 5.92 Å². The highest BCUT2D eigenvalue weighted by atomic mass is 28.4. The summed E-state index contributed by atoms with van der Waals surface area (Å²) in [6, 6.07) is 0. The van der Waals surface area contributed by atoms with Gasteiger partial charge in [-0.25, -0.2) is 0 Å². The fourth-order valence-electron chi connectivity index (χ4n) is 1.12. The number of rotatable bonds is 7. The van der Waals surface area contributed by atoms with Crippen molar-refractivity contribution in [1.82, 2.24) is 0 Å². The standard InChI is InChI=1S/C8H19O4Si.C4H12N/c1-3-5-6-8(4-2)7-12-13(9,10)11;1-5(2,3)4/h8-10H,3-7H2,1-2H3;1-4H3/q-1;+1. The minimum Gasteiger partial charge on any atom is -0.794 e. The van der Waals surface area contributed by atoms with Gasteiger partial charge in [0.05, 0.1) is 28.2 Å². The smallest absolute Gasteiger partial charge is 0.407 e. The Bertz CT molecular complexity index is 183. The molecule has 0 amide bonds. The van der Waals surface area contributed by atoms with Crippen molar-refractivity contribution >= 4 is 9.05 Å². The van der Waals surface area contributed by atoms with Crippen LogP contribution in [0.5, 0.6) is 0 Å². The van der Waals surface area contributed by atoms with Crippen LogP contribution in [0.3, 0.4) is 0 Å². The molecule has 5 nitrogen and oxygen atoms in total. The third-order valence-corrected chi connectivity index (χ3v) is 2.59. The van der Waals surface area contributed by atoms with Crippen LogP contribution in [0.15, 0.2) is 0 Å². The Morgan fingerprint density at radius 2 is 1.61 bits per heavy atom. The molecule has 0 aromatic rings. The average Bonchev–Trinajstić information content (AvgIpc) is 2.14. The molecule has 18 heavy (non-hydrogen) atoms. The summed E-state index contributed by atoms with van der Waals surface area (Å²) in [6.07, 6.45) is 4.09. The number of nitrogens with zero attached hydrogens (tertiary/aromatic N) is 1. The van der Waals surface area contributed by atoms with Gasteiger partial charge >= 0.3 is 9.05 Å². The molecule has 0 bridgehead atoms. The lowest BCUT2D eigenvalue weighted by Crippen LogP contribution is -2.54. The van der Waals surface area contributed by atoms with Gasteiger partial charge in [-0.1, -0.05) is 33.1 Å². The molecular formula is C12H31NO4Si. The van der Waals surface area contributed by atoms with Crippen LogP contribution >= 0.6 is 0 Å². The summed E-state index contributed by atoms with van der Waals surface area (Å²) >= 11 is 0. The van der Waals surface area contributed by atoms with Gasteiger partial charge in [-0.15, -0.1) is 0 Å². The number of hydrogen-bond acceptors (Lipinski definition) is 4. The zero-order valence-corrected chi connectivity index (χ0v) is 13.8. The van der Waals surface area contributed by atoms with Gasteiger partial charge in [-0.2, -0.15) is 0 Å². The molecule has 0 heterocycles. The Kier molecular flexibility index (Phi) is 11.2. The van der Waals surface area contributed by atoms with Crippen LogP contribution in [0.1, 0.15) is 39.5 Å². The Morgan fingerprint density at radius 3 is 1.89 bits per heavy atom. The Labute approximate surface area is 113 Å². The highest BCUT2D eigenvalue weighted by Crippen LogP contribution is 2.13. The monoisotopic (exact) mass is 281 g/mol. The molecule has 0 aromatic carbocycles. The van der Waals surface area contributed by atoms with Crippen molar-refractivity contribution in [2.75, 3.05) is 34.8 Å². The van der Waals surface area contributed by atoms with Gasteiger partial charge in [-0.05, 0) is 12.3 Å². The molecule has 6 heteroatoms. The molecular weight excluding hydrogens is 250 g/mol. The summed E-state index contributed by atoms with van der Waals surface area (Å²) in [5, 5.41) is 0. The Hall–Kier alpha value is 0.0169. The quantitative estimate of drug-likeness (QED) is 0.521. The summed E-state index contributed by atoms with van der Waals surface area (Å²) in [5.74, 6) is 0.278. The fraction of sp³-hybridized carbons (Fsp3) is 1.00. The Balaban J connectivity index is 0. The molecule has 0 aliphatic rings. The minimum atomic E-state index is -4.53. The summed E-state index contributed by atoms with van der Waals surface area (Å²) < 4.78 is 5.47. The third kappa shape index (κ3) is 25.0. The molecule has 1 atom stereocenters. The molecule has 0 saturated heterocycles. The molecule has 112 valence electrons. The van der Waals surface area contributed by atoms with E-state index in [2.05, 4.69) is 39.5 Å². The molecule has 0 radical (unpaired) electrons. The zero-order chi connectivity index (χ0) is 14.8. The average molecular weight is 281 g/mol. The summed E-state index contributed by atoms with van der Waals surface area (Å²) in [7, 11) is 3.97. The summed E-state index contributed by atoms with van der Waals surface area (Å²) in [6.45, 7) is 4.28. The summed E-state index contributed by atoms with van der Waals surface area (Å²) in [5.41, 5.74) is 0. The first-order valence-corrected chi connectivity index (χ1v) is 8.28. The van der Waals surface area contributed by atoms with Crippen LogP contribution in [0.25, 0.3) is 0 Å². The van der Waals surface area contributed by atoms with Crippen LogP contribution in [0.4, 0.5) is 0 Å². The lowest BCUT2D eigenvalue weighted by molar-refractivity contribution is -0.849. The molecule has 0 aliphatic carbocycles. The zero-order valence-electron chi connectivity index (χ0n) is 12.8. The van der Waals surface area contributed by atoms with E-state index in [1.165, 1.54) is 0 Å². The molecule has 0 aromatic heterocycles. The van der Waals surface area contributed by atoms with E-state index in [0.29, 0.717) is 0 Å². The first-order chi connectivity index (χ1) is 7.99. The molecule has 0 aliphatic heterocycles. The molecule has 0 rings (SSSR count). The van der Waals surface area contributed by atoms with E-state index < -0.39 is 9.05 Å². The number of unbranched alkanes of at least 4 members (excludes halogenated alkanes) is 1. The van der Waals surface area contributed by atoms with E-state index in [1.54, 1.807) is 0 Å². The maximum absolute atomic E-state index is 10.4. The second-order valence-electron chi connectivity index (χ2n) is 5.96. The van der Waals surface area contributed by atoms with E-state index in [0.717, 1.165) is 30.2 Å². The number of hydrogen-bond donors (Lipinski definition) is 2. The second-order valence-corrected chi connectivity index (χ2v) is 7.34. The summed E-state index contributed by atoms with van der Waals surface area (Å²) in [4.78, 5) is 27.4. The fourth-order valence-corrected chi connectivity index (χ4v) is 1.58. The van der Waals surface area contributed by atoms with Gasteiger partial charge in [0.15, 0.2) is 0 Å². The highest BCUT2D eigenvalue weighted by molar-refractivity contribution is 6.46. The van der Waals surface area contributed by atoms with Crippen molar-refractivity contribution in [3.8, 4) is 0 Å². The van der Waals surface area contributed by atoms with E-state index in [1.807, 2.05) is 6.92 Å².